The Bertz CT molecular complexity index is 1220. The van der Waals surface area contributed by atoms with Crippen molar-refractivity contribution in [3.63, 3.8) is 0 Å². The van der Waals surface area contributed by atoms with Crippen LogP contribution in [0.1, 0.15) is 17.2 Å². The molecule has 0 saturated carbocycles. The Kier molecular flexibility index (Phi) is 4.81. The first-order valence-electron chi connectivity index (χ1n) is 9.19. The first-order chi connectivity index (χ1) is 14.3. The number of alkyl halides is 3. The van der Waals surface area contributed by atoms with Crippen molar-refractivity contribution in [3.05, 3.63) is 71.8 Å². The SMILES string of the molecule is Cc1nn(-c2ccccc2)c(C)c1NC(=O)Cn1c(C(F)(F)F)nc2ccccc21. The van der Waals surface area contributed by atoms with Crippen LogP contribution in [-0.4, -0.2) is 25.2 Å². The maximum absolute atomic E-state index is 13.5. The number of aromatic nitrogens is 4. The maximum Gasteiger partial charge on any atom is 0.449 e. The minimum Gasteiger partial charge on any atom is -0.321 e. The lowest BCUT2D eigenvalue weighted by atomic mass is 10.3. The summed E-state index contributed by atoms with van der Waals surface area (Å²) in [5, 5.41) is 7.15. The first kappa shape index (κ1) is 19.7. The number of nitrogens with zero attached hydrogens (tertiary/aromatic N) is 4. The van der Waals surface area contributed by atoms with Crippen molar-refractivity contribution in [1.29, 1.82) is 0 Å². The average Bonchev–Trinajstić information content (AvgIpc) is 3.21. The van der Waals surface area contributed by atoms with E-state index in [1.165, 1.54) is 12.1 Å². The number of hydrogen-bond acceptors (Lipinski definition) is 3. The molecule has 0 saturated heterocycles. The highest BCUT2D eigenvalue weighted by molar-refractivity contribution is 5.93. The van der Waals surface area contributed by atoms with E-state index in [1.54, 1.807) is 30.7 Å². The second kappa shape index (κ2) is 7.33. The molecule has 4 rings (SSSR count). The Hall–Kier alpha value is -3.62. The summed E-state index contributed by atoms with van der Waals surface area (Å²) in [4.78, 5) is 16.4. The molecule has 2 aromatic carbocycles. The van der Waals surface area contributed by atoms with Crippen molar-refractivity contribution >= 4 is 22.6 Å². The van der Waals surface area contributed by atoms with Crippen LogP contribution in [0, 0.1) is 13.8 Å². The number of aryl methyl sites for hydroxylation is 1. The second-order valence-electron chi connectivity index (χ2n) is 6.85. The van der Waals surface area contributed by atoms with E-state index in [4.69, 9.17) is 0 Å². The number of halogens is 3. The molecule has 154 valence electrons. The van der Waals surface area contributed by atoms with E-state index in [0.717, 1.165) is 10.3 Å². The number of amides is 1. The quantitative estimate of drug-likeness (QED) is 0.536. The van der Waals surface area contributed by atoms with Gasteiger partial charge < -0.3 is 9.88 Å². The third-order valence-electron chi connectivity index (χ3n) is 4.77. The molecule has 2 aromatic heterocycles. The van der Waals surface area contributed by atoms with Gasteiger partial charge in [-0.2, -0.15) is 18.3 Å². The Labute approximate surface area is 170 Å². The van der Waals surface area contributed by atoms with Crippen molar-refractivity contribution < 1.29 is 18.0 Å². The van der Waals surface area contributed by atoms with Gasteiger partial charge in [0.2, 0.25) is 11.7 Å². The lowest BCUT2D eigenvalue weighted by Gasteiger charge is -2.12. The van der Waals surface area contributed by atoms with E-state index in [0.29, 0.717) is 17.1 Å². The zero-order chi connectivity index (χ0) is 21.5. The Morgan fingerprint density at radius 3 is 2.40 bits per heavy atom. The van der Waals surface area contributed by atoms with Crippen LogP contribution in [0.5, 0.6) is 0 Å². The molecule has 0 fully saturated rings. The van der Waals surface area contributed by atoms with Crippen LogP contribution in [0.4, 0.5) is 18.9 Å². The van der Waals surface area contributed by atoms with Gasteiger partial charge in [0.15, 0.2) is 0 Å². The van der Waals surface area contributed by atoms with Crippen LogP contribution in [0.15, 0.2) is 54.6 Å². The standard InChI is InChI=1S/C21H18F3N5O/c1-13-19(14(2)29(27-13)15-8-4-3-5-9-15)26-18(30)12-28-17-11-7-6-10-16(17)25-20(28)21(22,23)24/h3-11H,12H2,1-2H3,(H,26,30). The van der Waals surface area contributed by atoms with E-state index in [-0.39, 0.29) is 11.0 Å². The first-order valence-corrected chi connectivity index (χ1v) is 9.19. The molecule has 1 amide bonds. The highest BCUT2D eigenvalue weighted by Gasteiger charge is 2.38. The zero-order valence-electron chi connectivity index (χ0n) is 16.2. The van der Waals surface area contributed by atoms with E-state index < -0.39 is 24.5 Å². The number of imidazole rings is 1. The van der Waals surface area contributed by atoms with Crippen molar-refractivity contribution in [2.75, 3.05) is 5.32 Å². The molecule has 6 nitrogen and oxygen atoms in total. The fourth-order valence-electron chi connectivity index (χ4n) is 3.42. The largest absolute Gasteiger partial charge is 0.449 e. The molecule has 9 heteroatoms. The molecule has 0 atom stereocenters. The lowest BCUT2D eigenvalue weighted by Crippen LogP contribution is -2.23. The van der Waals surface area contributed by atoms with Crippen LogP contribution < -0.4 is 5.32 Å². The molecule has 0 unspecified atom stereocenters. The van der Waals surface area contributed by atoms with Crippen LogP contribution >= 0.6 is 0 Å². The third-order valence-corrected chi connectivity index (χ3v) is 4.77. The number of carbonyl (C=O) groups is 1. The molecule has 30 heavy (non-hydrogen) atoms. The molecule has 0 radical (unpaired) electrons. The van der Waals surface area contributed by atoms with Crippen molar-refractivity contribution in [3.8, 4) is 5.69 Å². The number of fused-ring (bicyclic) bond motifs is 1. The summed E-state index contributed by atoms with van der Waals surface area (Å²) in [5.74, 6) is -1.70. The van der Waals surface area contributed by atoms with E-state index in [2.05, 4.69) is 15.4 Å². The van der Waals surface area contributed by atoms with Crippen LogP contribution in [0.25, 0.3) is 16.7 Å². The summed E-state index contributed by atoms with van der Waals surface area (Å²) in [6.45, 7) is 3.00. The molecule has 0 spiro atoms. The van der Waals surface area contributed by atoms with E-state index in [1.807, 2.05) is 30.3 Å². The summed E-state index contributed by atoms with van der Waals surface area (Å²) in [5.41, 5.74) is 2.96. The fraction of sp³-hybridized carbons (Fsp3) is 0.190. The smallest absolute Gasteiger partial charge is 0.321 e. The number of rotatable bonds is 4. The van der Waals surface area contributed by atoms with Crippen LogP contribution in [0.3, 0.4) is 0 Å². The third kappa shape index (κ3) is 3.54. The zero-order valence-corrected chi connectivity index (χ0v) is 16.2. The summed E-state index contributed by atoms with van der Waals surface area (Å²) >= 11 is 0. The fourth-order valence-corrected chi connectivity index (χ4v) is 3.42. The minimum absolute atomic E-state index is 0.182. The van der Waals surface area contributed by atoms with Gasteiger partial charge in [0.25, 0.3) is 0 Å². The lowest BCUT2D eigenvalue weighted by molar-refractivity contribution is -0.147. The van der Waals surface area contributed by atoms with Crippen LogP contribution in [0.2, 0.25) is 0 Å². The topological polar surface area (TPSA) is 64.7 Å². The van der Waals surface area contributed by atoms with Gasteiger partial charge in [-0.15, -0.1) is 0 Å². The molecule has 4 aromatic rings. The number of para-hydroxylation sites is 3. The Balaban J connectivity index is 1.65. The van der Waals surface area contributed by atoms with Crippen LogP contribution in [-0.2, 0) is 17.5 Å². The predicted molar refractivity (Wildman–Crippen MR) is 106 cm³/mol. The number of carbonyl (C=O) groups excluding carboxylic acids is 1. The monoisotopic (exact) mass is 413 g/mol. The molecule has 0 bridgehead atoms. The molecule has 0 aliphatic heterocycles. The number of benzene rings is 2. The number of anilines is 1. The minimum atomic E-state index is -4.68. The van der Waals surface area contributed by atoms with Gasteiger partial charge in [0, 0.05) is 0 Å². The van der Waals surface area contributed by atoms with Gasteiger partial charge in [-0.1, -0.05) is 30.3 Å². The molecule has 2 heterocycles. The Morgan fingerprint density at radius 1 is 1.03 bits per heavy atom. The molecule has 0 aliphatic carbocycles. The maximum atomic E-state index is 13.5. The molecular formula is C21H18F3N5O. The predicted octanol–water partition coefficient (Wildman–Crippen LogP) is 4.50. The number of nitrogens with one attached hydrogen (secondary N) is 1. The Morgan fingerprint density at radius 2 is 1.70 bits per heavy atom. The summed E-state index contributed by atoms with van der Waals surface area (Å²) < 4.78 is 42.9. The highest BCUT2D eigenvalue weighted by atomic mass is 19.4. The summed E-state index contributed by atoms with van der Waals surface area (Å²) in [6.07, 6.45) is -4.68. The van der Waals surface area contributed by atoms with Gasteiger partial charge in [0.05, 0.1) is 33.8 Å². The summed E-state index contributed by atoms with van der Waals surface area (Å²) in [7, 11) is 0. The molecular weight excluding hydrogens is 395 g/mol. The van der Waals surface area contributed by atoms with Gasteiger partial charge in [-0.3, -0.25) is 4.79 Å². The summed E-state index contributed by atoms with van der Waals surface area (Å²) in [6, 6.07) is 15.6. The van der Waals surface area contributed by atoms with Gasteiger partial charge in [-0.05, 0) is 38.1 Å². The normalized spacial score (nSPS) is 11.8. The number of hydrogen-bond donors (Lipinski definition) is 1. The second-order valence-corrected chi connectivity index (χ2v) is 6.85. The van der Waals surface area contributed by atoms with Gasteiger partial charge in [-0.25, -0.2) is 9.67 Å². The highest BCUT2D eigenvalue weighted by Crippen LogP contribution is 2.31. The van der Waals surface area contributed by atoms with Gasteiger partial charge >= 0.3 is 6.18 Å². The molecule has 1 N–H and O–H groups in total. The van der Waals surface area contributed by atoms with Gasteiger partial charge in [0.1, 0.15) is 6.54 Å². The van der Waals surface area contributed by atoms with Crippen molar-refractivity contribution in [1.82, 2.24) is 19.3 Å². The van der Waals surface area contributed by atoms with E-state index in [9.17, 15) is 18.0 Å². The van der Waals surface area contributed by atoms with E-state index >= 15 is 0 Å². The molecule has 0 aliphatic rings. The van der Waals surface area contributed by atoms with Crippen molar-refractivity contribution in [2.45, 2.75) is 26.6 Å². The average molecular weight is 413 g/mol. The van der Waals surface area contributed by atoms with Crippen molar-refractivity contribution in [2.24, 2.45) is 0 Å².